The highest BCUT2D eigenvalue weighted by Gasteiger charge is 2.45. The molecule has 7 heteroatoms. The van der Waals surface area contributed by atoms with Crippen LogP contribution in [0, 0.1) is 6.92 Å². The van der Waals surface area contributed by atoms with Crippen molar-refractivity contribution in [2.45, 2.75) is 83.5 Å². The Morgan fingerprint density at radius 2 is 1.73 bits per heavy atom. The first-order chi connectivity index (χ1) is 17.8. The number of nitrogens with zero attached hydrogens (tertiary/aromatic N) is 2. The minimum atomic E-state index is -0.845. The number of carbonyl (C=O) groups is 3. The number of carbonyl (C=O) groups excluding carboxylic acids is 3. The number of benzene rings is 2. The Hall–Kier alpha value is -3.61. The molecule has 2 heterocycles. The number of hydrogen-bond donors (Lipinski definition) is 1. The standard InChI is InChI=1S/C30H35N3O4/c1-19(2)37-27(34)18-26-30(36)32(23-15-13-20(3)14-16-23)28(29(35)31-22-10-5-4-6-11-22)25-17-21-9-7-8-12-24(21)33(25)26/h7-9,12-17,19,22,26,28H,4-6,10-11,18H2,1-3H3,(H,31,35). The van der Waals surface area contributed by atoms with Crippen LogP contribution in [0.4, 0.5) is 5.69 Å². The molecule has 1 aliphatic carbocycles. The molecule has 2 amide bonds. The Bertz CT molecular complexity index is 1300. The number of aromatic nitrogens is 1. The van der Waals surface area contributed by atoms with Crippen LogP contribution in [-0.2, 0) is 19.1 Å². The van der Waals surface area contributed by atoms with Crippen molar-refractivity contribution >= 4 is 34.4 Å². The van der Waals surface area contributed by atoms with E-state index in [1.807, 2.05) is 66.1 Å². The molecule has 1 fully saturated rings. The third kappa shape index (κ3) is 4.99. The lowest BCUT2D eigenvalue weighted by Gasteiger charge is -2.40. The van der Waals surface area contributed by atoms with Crippen molar-refractivity contribution in [3.8, 4) is 0 Å². The van der Waals surface area contributed by atoms with Gasteiger partial charge in [0.25, 0.3) is 5.91 Å². The van der Waals surface area contributed by atoms with Gasteiger partial charge in [0.2, 0.25) is 5.91 Å². The first kappa shape index (κ1) is 25.1. The van der Waals surface area contributed by atoms with E-state index in [4.69, 9.17) is 4.74 Å². The average Bonchev–Trinajstić information content (AvgIpc) is 3.25. The lowest BCUT2D eigenvalue weighted by atomic mass is 9.94. The largest absolute Gasteiger partial charge is 0.463 e. The van der Waals surface area contributed by atoms with Gasteiger partial charge in [-0.25, -0.2) is 0 Å². The molecule has 3 aromatic rings. The van der Waals surface area contributed by atoms with Crippen LogP contribution < -0.4 is 10.2 Å². The normalized spacial score (nSPS) is 20.2. The molecule has 0 radical (unpaired) electrons. The second-order valence-electron chi connectivity index (χ2n) is 10.5. The zero-order chi connectivity index (χ0) is 26.1. The number of hydrogen-bond acceptors (Lipinski definition) is 4. The number of fused-ring (bicyclic) bond motifs is 3. The summed E-state index contributed by atoms with van der Waals surface area (Å²) < 4.78 is 7.32. The Balaban J connectivity index is 1.64. The number of aryl methyl sites for hydroxylation is 1. The van der Waals surface area contributed by atoms with Gasteiger partial charge in [-0.2, -0.15) is 0 Å². The van der Waals surface area contributed by atoms with Crippen molar-refractivity contribution < 1.29 is 19.1 Å². The molecule has 0 spiro atoms. The molecular formula is C30H35N3O4. The Morgan fingerprint density at radius 3 is 2.43 bits per heavy atom. The smallest absolute Gasteiger partial charge is 0.308 e. The summed E-state index contributed by atoms with van der Waals surface area (Å²) in [6.07, 6.45) is 4.88. The molecule has 7 nitrogen and oxygen atoms in total. The number of rotatable bonds is 6. The van der Waals surface area contributed by atoms with E-state index in [1.165, 1.54) is 6.42 Å². The predicted octanol–water partition coefficient (Wildman–Crippen LogP) is 5.37. The van der Waals surface area contributed by atoms with Gasteiger partial charge in [-0.3, -0.25) is 19.3 Å². The first-order valence-electron chi connectivity index (χ1n) is 13.3. The zero-order valence-corrected chi connectivity index (χ0v) is 21.8. The van der Waals surface area contributed by atoms with Crippen LogP contribution in [0.3, 0.4) is 0 Å². The molecule has 5 rings (SSSR count). The van der Waals surface area contributed by atoms with Crippen molar-refractivity contribution in [3.05, 3.63) is 65.9 Å². The fourth-order valence-electron chi connectivity index (χ4n) is 5.69. The Morgan fingerprint density at radius 1 is 1.03 bits per heavy atom. The molecule has 0 saturated heterocycles. The van der Waals surface area contributed by atoms with Gasteiger partial charge in [0.1, 0.15) is 6.04 Å². The SMILES string of the molecule is Cc1ccc(N2C(=O)C(CC(=O)OC(C)C)n3c(cc4ccccc43)C2C(=O)NC2CCCCC2)cc1. The summed E-state index contributed by atoms with van der Waals surface area (Å²) in [5.74, 6) is -0.915. The van der Waals surface area contributed by atoms with Crippen LogP contribution in [0.2, 0.25) is 0 Å². The second kappa shape index (κ2) is 10.4. The number of nitrogens with one attached hydrogen (secondary N) is 1. The van der Waals surface area contributed by atoms with E-state index in [-0.39, 0.29) is 30.4 Å². The highest BCUT2D eigenvalue weighted by Crippen LogP contribution is 2.41. The molecule has 2 aromatic carbocycles. The van der Waals surface area contributed by atoms with E-state index in [9.17, 15) is 14.4 Å². The zero-order valence-electron chi connectivity index (χ0n) is 21.8. The van der Waals surface area contributed by atoms with E-state index in [0.29, 0.717) is 11.4 Å². The summed E-state index contributed by atoms with van der Waals surface area (Å²) in [6.45, 7) is 5.57. The van der Waals surface area contributed by atoms with E-state index >= 15 is 0 Å². The summed E-state index contributed by atoms with van der Waals surface area (Å²) in [5.41, 5.74) is 3.23. The van der Waals surface area contributed by atoms with E-state index in [0.717, 1.165) is 42.1 Å². The highest BCUT2D eigenvalue weighted by atomic mass is 16.5. The minimum Gasteiger partial charge on any atom is -0.463 e. The third-order valence-electron chi connectivity index (χ3n) is 7.39. The number of ether oxygens (including phenoxy) is 1. The maximum absolute atomic E-state index is 14.3. The lowest BCUT2D eigenvalue weighted by molar-refractivity contribution is -0.150. The summed E-state index contributed by atoms with van der Waals surface area (Å²) in [4.78, 5) is 42.6. The van der Waals surface area contributed by atoms with Crippen LogP contribution in [0.25, 0.3) is 10.9 Å². The van der Waals surface area contributed by atoms with Crippen molar-refractivity contribution in [2.24, 2.45) is 0 Å². The first-order valence-corrected chi connectivity index (χ1v) is 13.3. The predicted molar refractivity (Wildman–Crippen MR) is 143 cm³/mol. The summed E-state index contributed by atoms with van der Waals surface area (Å²) >= 11 is 0. The molecular weight excluding hydrogens is 466 g/mol. The van der Waals surface area contributed by atoms with Gasteiger partial charge in [-0.05, 0) is 63.3 Å². The maximum Gasteiger partial charge on any atom is 0.308 e. The number of esters is 1. The molecule has 2 atom stereocenters. The molecule has 194 valence electrons. The maximum atomic E-state index is 14.3. The minimum absolute atomic E-state index is 0.104. The van der Waals surface area contributed by atoms with Crippen molar-refractivity contribution in [2.75, 3.05) is 4.90 Å². The van der Waals surface area contributed by atoms with Gasteiger partial charge in [0, 0.05) is 17.2 Å². The number of para-hydroxylation sites is 1. The molecule has 1 aromatic heterocycles. The van der Waals surface area contributed by atoms with Crippen LogP contribution in [-0.4, -0.2) is 34.5 Å². The third-order valence-corrected chi connectivity index (χ3v) is 7.39. The quantitative estimate of drug-likeness (QED) is 0.461. The molecule has 1 aliphatic heterocycles. The van der Waals surface area contributed by atoms with E-state index < -0.39 is 18.1 Å². The number of amides is 2. The van der Waals surface area contributed by atoms with Crippen LogP contribution in [0.5, 0.6) is 0 Å². The fourth-order valence-corrected chi connectivity index (χ4v) is 5.69. The summed E-state index contributed by atoms with van der Waals surface area (Å²) in [5, 5.41) is 4.17. The number of anilines is 1. The van der Waals surface area contributed by atoms with Gasteiger partial charge in [-0.15, -0.1) is 0 Å². The van der Waals surface area contributed by atoms with Gasteiger partial charge in [-0.1, -0.05) is 55.2 Å². The molecule has 2 unspecified atom stereocenters. The van der Waals surface area contributed by atoms with Crippen LogP contribution >= 0.6 is 0 Å². The van der Waals surface area contributed by atoms with Crippen molar-refractivity contribution in [1.82, 2.24) is 9.88 Å². The van der Waals surface area contributed by atoms with Crippen LogP contribution in [0.15, 0.2) is 54.6 Å². The summed E-state index contributed by atoms with van der Waals surface area (Å²) in [6, 6.07) is 15.8. The topological polar surface area (TPSA) is 80.6 Å². The molecule has 1 N–H and O–H groups in total. The second-order valence-corrected chi connectivity index (χ2v) is 10.5. The Labute approximate surface area is 217 Å². The highest BCUT2D eigenvalue weighted by molar-refractivity contribution is 6.07. The monoisotopic (exact) mass is 501 g/mol. The molecule has 2 aliphatic rings. The molecule has 37 heavy (non-hydrogen) atoms. The lowest BCUT2D eigenvalue weighted by Crippen LogP contribution is -2.53. The summed E-state index contributed by atoms with van der Waals surface area (Å²) in [7, 11) is 0. The van der Waals surface area contributed by atoms with Crippen molar-refractivity contribution in [3.63, 3.8) is 0 Å². The van der Waals surface area contributed by atoms with Gasteiger partial charge < -0.3 is 14.6 Å². The Kier molecular flexibility index (Phi) is 7.04. The van der Waals surface area contributed by atoms with Gasteiger partial charge in [0.05, 0.1) is 18.2 Å². The van der Waals surface area contributed by atoms with Crippen LogP contribution in [0.1, 0.15) is 75.7 Å². The van der Waals surface area contributed by atoms with Gasteiger partial charge >= 0.3 is 5.97 Å². The average molecular weight is 502 g/mol. The van der Waals surface area contributed by atoms with E-state index in [2.05, 4.69) is 5.32 Å². The van der Waals surface area contributed by atoms with Gasteiger partial charge in [0.15, 0.2) is 6.04 Å². The van der Waals surface area contributed by atoms with E-state index in [1.54, 1.807) is 18.7 Å². The molecule has 1 saturated carbocycles. The molecule has 0 bridgehead atoms. The fraction of sp³-hybridized carbons (Fsp3) is 0.433. The van der Waals surface area contributed by atoms with Crippen molar-refractivity contribution in [1.29, 1.82) is 0 Å².